The van der Waals surface area contributed by atoms with Crippen LogP contribution < -0.4 is 19.5 Å². The van der Waals surface area contributed by atoms with Crippen molar-refractivity contribution in [1.29, 1.82) is 0 Å². The van der Waals surface area contributed by atoms with Gasteiger partial charge in [-0.2, -0.15) is 0 Å². The van der Waals surface area contributed by atoms with E-state index in [0.717, 1.165) is 31.4 Å². The van der Waals surface area contributed by atoms with E-state index in [1.54, 1.807) is 6.07 Å². The molecule has 0 saturated heterocycles. The molecule has 1 N–H and O–H groups in total. The topological polar surface area (TPSA) is 56.8 Å². The van der Waals surface area contributed by atoms with E-state index in [9.17, 15) is 4.79 Å². The summed E-state index contributed by atoms with van der Waals surface area (Å²) in [5.41, 5.74) is 0. The van der Waals surface area contributed by atoms with Gasteiger partial charge in [-0.25, -0.2) is 0 Å². The normalized spacial score (nSPS) is 11.8. The molecule has 0 radical (unpaired) electrons. The second-order valence-electron chi connectivity index (χ2n) is 5.65. The van der Waals surface area contributed by atoms with E-state index >= 15 is 0 Å². The number of hydrogen-bond acceptors (Lipinski definition) is 4. The van der Waals surface area contributed by atoms with E-state index in [1.807, 2.05) is 12.1 Å². The van der Waals surface area contributed by atoms with Crippen molar-refractivity contribution in [3.63, 3.8) is 0 Å². The van der Waals surface area contributed by atoms with Gasteiger partial charge in [-0.3, -0.25) is 4.79 Å². The Morgan fingerprint density at radius 3 is 2.71 bits per heavy atom. The highest BCUT2D eigenvalue weighted by Crippen LogP contribution is 2.34. The third-order valence-corrected chi connectivity index (χ3v) is 3.78. The fraction of sp³-hybridized carbons (Fsp3) is 0.526. The summed E-state index contributed by atoms with van der Waals surface area (Å²) in [6.07, 6.45) is 3.90. The fourth-order valence-electron chi connectivity index (χ4n) is 2.58. The highest BCUT2D eigenvalue weighted by Gasteiger charge is 2.15. The van der Waals surface area contributed by atoms with Gasteiger partial charge in [0.25, 0.3) is 0 Å². The summed E-state index contributed by atoms with van der Waals surface area (Å²) in [4.78, 5) is 12.0. The van der Waals surface area contributed by atoms with E-state index in [0.29, 0.717) is 18.0 Å². The van der Waals surface area contributed by atoms with Crippen LogP contribution in [0.5, 0.6) is 17.2 Å². The third kappa shape index (κ3) is 5.38. The van der Waals surface area contributed by atoms with Gasteiger partial charge in [-0.05, 0) is 25.0 Å². The first-order chi connectivity index (χ1) is 11.7. The molecule has 130 valence electrons. The van der Waals surface area contributed by atoms with E-state index in [2.05, 4.69) is 31.0 Å². The number of rotatable bonds is 8. The van der Waals surface area contributed by atoms with Crippen molar-refractivity contribution in [2.45, 2.75) is 39.5 Å². The molecular weight excluding hydrogens is 306 g/mol. The second-order valence-corrected chi connectivity index (χ2v) is 5.65. The molecule has 1 aliphatic heterocycles. The predicted molar refractivity (Wildman–Crippen MR) is 92.2 cm³/mol. The quantitative estimate of drug-likeness (QED) is 0.744. The van der Waals surface area contributed by atoms with Gasteiger partial charge in [-0.15, -0.1) is 0 Å². The van der Waals surface area contributed by atoms with Gasteiger partial charge >= 0.3 is 0 Å². The first kappa shape index (κ1) is 18.0. The largest absolute Gasteiger partial charge is 0.481 e. The molecule has 1 amide bonds. The van der Waals surface area contributed by atoms with Crippen molar-refractivity contribution in [3.8, 4) is 29.1 Å². The van der Waals surface area contributed by atoms with Crippen molar-refractivity contribution in [1.82, 2.24) is 5.32 Å². The lowest BCUT2D eigenvalue weighted by molar-refractivity contribution is -0.125. The number of carbonyl (C=O) groups is 1. The second kappa shape index (κ2) is 9.71. The van der Waals surface area contributed by atoms with Crippen LogP contribution in [0.25, 0.3) is 0 Å². The standard InChI is InChI=1S/C19H25NO4/c1-3-7-15(8-4-2)19(21)20-11-5-6-12-22-16-9-10-17-18(13-16)24-14-23-17/h9-10,13,15H,3-4,7-8,11-12,14H2,1-2H3,(H,20,21). The summed E-state index contributed by atoms with van der Waals surface area (Å²) >= 11 is 0. The van der Waals surface area contributed by atoms with Crippen molar-refractivity contribution in [2.24, 2.45) is 5.92 Å². The predicted octanol–water partition coefficient (Wildman–Crippen LogP) is 3.13. The summed E-state index contributed by atoms with van der Waals surface area (Å²) in [6.45, 7) is 5.07. The third-order valence-electron chi connectivity index (χ3n) is 3.78. The summed E-state index contributed by atoms with van der Waals surface area (Å²) < 4.78 is 16.1. The lowest BCUT2D eigenvalue weighted by Gasteiger charge is -2.13. The van der Waals surface area contributed by atoms with Crippen LogP contribution in [0.3, 0.4) is 0 Å². The maximum absolute atomic E-state index is 12.0. The van der Waals surface area contributed by atoms with Crippen molar-refractivity contribution in [2.75, 3.05) is 19.9 Å². The number of nitrogens with one attached hydrogen (secondary N) is 1. The number of hydrogen-bond donors (Lipinski definition) is 1. The number of carbonyl (C=O) groups excluding carboxylic acids is 1. The van der Waals surface area contributed by atoms with E-state index in [-0.39, 0.29) is 25.2 Å². The first-order valence-electron chi connectivity index (χ1n) is 8.50. The number of benzene rings is 1. The maximum Gasteiger partial charge on any atom is 0.231 e. The molecule has 1 aliphatic rings. The zero-order valence-electron chi connectivity index (χ0n) is 14.4. The summed E-state index contributed by atoms with van der Waals surface area (Å²) in [7, 11) is 0. The zero-order chi connectivity index (χ0) is 17.2. The van der Waals surface area contributed by atoms with Gasteiger partial charge in [0.2, 0.25) is 12.7 Å². The Morgan fingerprint density at radius 1 is 1.21 bits per heavy atom. The van der Waals surface area contributed by atoms with Gasteiger partial charge in [0, 0.05) is 12.0 Å². The molecule has 0 aliphatic carbocycles. The number of amides is 1. The smallest absolute Gasteiger partial charge is 0.231 e. The van der Waals surface area contributed by atoms with E-state index in [1.165, 1.54) is 0 Å². The van der Waals surface area contributed by atoms with Gasteiger partial charge in [0.05, 0.1) is 6.54 Å². The zero-order valence-corrected chi connectivity index (χ0v) is 14.4. The Bertz CT molecular complexity index is 597. The minimum Gasteiger partial charge on any atom is -0.481 e. The SMILES string of the molecule is CCCC(CCC)C(=O)NCC#CCOc1ccc2c(c1)OCO2. The van der Waals surface area contributed by atoms with Gasteiger partial charge in [-0.1, -0.05) is 38.5 Å². The minimum atomic E-state index is 0.102. The van der Waals surface area contributed by atoms with Gasteiger partial charge in [0.15, 0.2) is 11.5 Å². The fourth-order valence-corrected chi connectivity index (χ4v) is 2.58. The average molecular weight is 331 g/mol. The molecule has 5 heteroatoms. The number of fused-ring (bicyclic) bond motifs is 1. The van der Waals surface area contributed by atoms with Crippen molar-refractivity contribution in [3.05, 3.63) is 18.2 Å². The highest BCUT2D eigenvalue weighted by molar-refractivity contribution is 5.78. The maximum atomic E-state index is 12.0. The molecule has 0 unspecified atom stereocenters. The van der Waals surface area contributed by atoms with Crippen LogP contribution in [-0.4, -0.2) is 25.9 Å². The Hall–Kier alpha value is -2.35. The van der Waals surface area contributed by atoms with Gasteiger partial charge < -0.3 is 19.5 Å². The van der Waals surface area contributed by atoms with Crippen LogP contribution in [0.4, 0.5) is 0 Å². The Kier molecular flexibility index (Phi) is 7.28. The van der Waals surface area contributed by atoms with Crippen LogP contribution in [0.15, 0.2) is 18.2 Å². The average Bonchev–Trinajstić information content (AvgIpc) is 3.05. The molecule has 2 rings (SSSR count). The molecule has 5 nitrogen and oxygen atoms in total. The molecule has 0 fully saturated rings. The lowest BCUT2D eigenvalue weighted by atomic mass is 9.97. The number of ether oxygens (including phenoxy) is 3. The molecule has 1 aromatic carbocycles. The molecule has 24 heavy (non-hydrogen) atoms. The lowest BCUT2D eigenvalue weighted by Crippen LogP contribution is -2.31. The molecular formula is C19H25NO4. The Balaban J connectivity index is 1.69. The van der Waals surface area contributed by atoms with E-state index < -0.39 is 0 Å². The van der Waals surface area contributed by atoms with Crippen LogP contribution >= 0.6 is 0 Å². The Labute approximate surface area is 143 Å². The first-order valence-corrected chi connectivity index (χ1v) is 8.50. The molecule has 0 spiro atoms. The minimum absolute atomic E-state index is 0.102. The van der Waals surface area contributed by atoms with Gasteiger partial charge in [0.1, 0.15) is 12.4 Å². The van der Waals surface area contributed by atoms with Crippen LogP contribution in [0.2, 0.25) is 0 Å². The van der Waals surface area contributed by atoms with Crippen LogP contribution in [0, 0.1) is 17.8 Å². The summed E-state index contributed by atoms with van der Waals surface area (Å²) in [5.74, 6) is 8.12. The van der Waals surface area contributed by atoms with Crippen molar-refractivity contribution < 1.29 is 19.0 Å². The molecule has 1 aromatic rings. The molecule has 0 bridgehead atoms. The highest BCUT2D eigenvalue weighted by atomic mass is 16.7. The molecule has 0 aromatic heterocycles. The Morgan fingerprint density at radius 2 is 1.96 bits per heavy atom. The van der Waals surface area contributed by atoms with Crippen molar-refractivity contribution >= 4 is 5.91 Å². The van der Waals surface area contributed by atoms with Crippen LogP contribution in [0.1, 0.15) is 39.5 Å². The van der Waals surface area contributed by atoms with E-state index in [4.69, 9.17) is 14.2 Å². The summed E-state index contributed by atoms with van der Waals surface area (Å²) in [5, 5.41) is 2.88. The summed E-state index contributed by atoms with van der Waals surface area (Å²) in [6, 6.07) is 5.41. The molecule has 0 atom stereocenters. The van der Waals surface area contributed by atoms with Crippen LogP contribution in [-0.2, 0) is 4.79 Å². The molecule has 0 saturated carbocycles. The molecule has 1 heterocycles. The monoisotopic (exact) mass is 331 g/mol.